The summed E-state index contributed by atoms with van der Waals surface area (Å²) in [4.78, 5) is 11.6. The van der Waals surface area contributed by atoms with Crippen molar-refractivity contribution in [3.05, 3.63) is 0 Å². The van der Waals surface area contributed by atoms with Gasteiger partial charge in [0.05, 0.1) is 24.2 Å². The van der Waals surface area contributed by atoms with Gasteiger partial charge < -0.3 is 9.47 Å². The molecule has 0 amide bonds. The second-order valence-electron chi connectivity index (χ2n) is 8.30. The Balaban J connectivity index is 0.000000130. The molecule has 6 atom stereocenters. The molecule has 5 aliphatic rings. The summed E-state index contributed by atoms with van der Waals surface area (Å²) < 4.78 is 10.6. The highest BCUT2D eigenvalue weighted by Gasteiger charge is 2.58. The third kappa shape index (κ3) is 3.68. The van der Waals surface area contributed by atoms with Gasteiger partial charge in [-0.3, -0.25) is 4.79 Å². The Labute approximate surface area is 153 Å². The van der Waals surface area contributed by atoms with Crippen molar-refractivity contribution in [3.63, 3.8) is 0 Å². The van der Waals surface area contributed by atoms with Gasteiger partial charge in [0.1, 0.15) is 0 Å². The van der Waals surface area contributed by atoms with Crippen LogP contribution in [0.4, 0.5) is 0 Å². The predicted molar refractivity (Wildman–Crippen MR) is 105 cm³/mol. The molecular weight excluding hydrogens is 332 g/mol. The lowest BCUT2D eigenvalue weighted by Gasteiger charge is -2.28. The van der Waals surface area contributed by atoms with E-state index in [1.165, 1.54) is 71.5 Å². The molecule has 0 radical (unpaired) electrons. The van der Waals surface area contributed by atoms with Crippen LogP contribution >= 0.6 is 0 Å². The van der Waals surface area contributed by atoms with Gasteiger partial charge in [0.25, 0.3) is 0 Å². The highest BCUT2D eigenvalue weighted by atomic mass is 28.1. The highest BCUT2D eigenvalue weighted by molar-refractivity contribution is 6.08. The number of carbonyl (C=O) groups is 1. The number of epoxide rings is 1. The van der Waals surface area contributed by atoms with Crippen molar-refractivity contribution in [2.45, 2.75) is 82.6 Å². The summed E-state index contributed by atoms with van der Waals surface area (Å²) in [5.41, 5.74) is 0.00289. The molecule has 3 aliphatic carbocycles. The van der Waals surface area contributed by atoms with Gasteiger partial charge in [-0.25, -0.2) is 0 Å². The maximum Gasteiger partial charge on any atom is 0.312 e. The van der Waals surface area contributed by atoms with Crippen molar-refractivity contribution < 1.29 is 14.3 Å². The van der Waals surface area contributed by atoms with E-state index in [0.717, 1.165) is 24.7 Å². The minimum absolute atomic E-state index is 0.00289. The van der Waals surface area contributed by atoms with Crippen molar-refractivity contribution in [1.29, 1.82) is 0 Å². The molecule has 5 rings (SSSR count). The number of ether oxygens (including phenoxy) is 2. The van der Waals surface area contributed by atoms with Crippen LogP contribution in [0.15, 0.2) is 0 Å². The van der Waals surface area contributed by atoms with Gasteiger partial charge in [0.2, 0.25) is 0 Å². The van der Waals surface area contributed by atoms with Crippen LogP contribution < -0.4 is 0 Å². The quantitative estimate of drug-likeness (QED) is 0.424. The van der Waals surface area contributed by atoms with Crippen LogP contribution in [0.1, 0.15) is 57.8 Å². The smallest absolute Gasteiger partial charge is 0.312 e. The standard InChI is InChI=1S/C10H14O2.C8H16OSi.CH6Si/c11-9-10(3-4-12-9)6-7-1-2-8(10)5-7;10-4-3-6-1-2-7-8(5-6)9-7;1-2/h7-8H,1-6H2;6-8H,1-5H2,10H3;1-2H3. The number of hydrogen-bond acceptors (Lipinski definition) is 3. The second-order valence-corrected chi connectivity index (χ2v) is 9.30. The average Bonchev–Trinajstić information content (AvgIpc) is 2.91. The topological polar surface area (TPSA) is 38.8 Å². The molecule has 0 aromatic rings. The number of fused-ring (bicyclic) bond motifs is 4. The average molecular weight is 369 g/mol. The molecule has 5 fully saturated rings. The van der Waals surface area contributed by atoms with E-state index in [2.05, 4.69) is 6.55 Å². The van der Waals surface area contributed by atoms with Crippen LogP contribution in [-0.2, 0) is 14.3 Å². The monoisotopic (exact) mass is 368 g/mol. The van der Waals surface area contributed by atoms with Crippen molar-refractivity contribution in [3.8, 4) is 0 Å². The Kier molecular flexibility index (Phi) is 6.25. The molecule has 1 spiro atoms. The summed E-state index contributed by atoms with van der Waals surface area (Å²) >= 11 is 0. The maximum absolute atomic E-state index is 11.6. The van der Waals surface area contributed by atoms with E-state index in [-0.39, 0.29) is 11.4 Å². The van der Waals surface area contributed by atoms with Crippen LogP contribution in [0.2, 0.25) is 12.6 Å². The maximum atomic E-state index is 11.6. The van der Waals surface area contributed by atoms with E-state index < -0.39 is 0 Å². The fourth-order valence-corrected chi connectivity index (χ4v) is 6.55. The van der Waals surface area contributed by atoms with Crippen molar-refractivity contribution >= 4 is 26.5 Å². The van der Waals surface area contributed by atoms with Crippen LogP contribution in [0, 0.1) is 23.2 Å². The second kappa shape index (κ2) is 8.04. The van der Waals surface area contributed by atoms with Gasteiger partial charge in [-0.05, 0) is 72.9 Å². The van der Waals surface area contributed by atoms with E-state index in [1.54, 1.807) is 0 Å². The molecule has 0 N–H and O–H groups in total. The summed E-state index contributed by atoms with van der Waals surface area (Å²) in [5.74, 6) is 2.68. The molecule has 3 nitrogen and oxygen atoms in total. The molecule has 2 saturated heterocycles. The van der Waals surface area contributed by atoms with E-state index >= 15 is 0 Å². The third-order valence-corrected chi connectivity index (χ3v) is 7.55. The zero-order valence-electron chi connectivity index (χ0n) is 15.9. The molecule has 3 saturated carbocycles. The number of rotatable bonds is 2. The van der Waals surface area contributed by atoms with E-state index in [9.17, 15) is 4.79 Å². The van der Waals surface area contributed by atoms with Crippen molar-refractivity contribution in [2.24, 2.45) is 23.2 Å². The van der Waals surface area contributed by atoms with Gasteiger partial charge in [-0.2, -0.15) is 0 Å². The highest BCUT2D eigenvalue weighted by Crippen LogP contribution is 2.59. The first-order chi connectivity index (χ1) is 11.7. The van der Waals surface area contributed by atoms with Crippen molar-refractivity contribution in [2.75, 3.05) is 6.61 Å². The van der Waals surface area contributed by atoms with Crippen LogP contribution in [-0.4, -0.2) is 45.3 Å². The largest absolute Gasteiger partial charge is 0.465 e. The Morgan fingerprint density at radius 2 is 1.96 bits per heavy atom. The van der Waals surface area contributed by atoms with Crippen molar-refractivity contribution in [1.82, 2.24) is 0 Å². The SMILES string of the molecule is C[SiH3].O=C1OCCC12CC1CCC2C1.[SiH3]CCC1CCC2OC2C1. The molecule has 24 heavy (non-hydrogen) atoms. The lowest BCUT2D eigenvalue weighted by molar-refractivity contribution is -0.148. The molecule has 6 unspecified atom stereocenters. The summed E-state index contributed by atoms with van der Waals surface area (Å²) in [6.07, 6.45) is 13.2. The molecule has 2 bridgehead atoms. The van der Waals surface area contributed by atoms with Crippen LogP contribution in [0.3, 0.4) is 0 Å². The Hall–Kier alpha value is -0.136. The Bertz CT molecular complexity index is 444. The lowest BCUT2D eigenvalue weighted by Crippen LogP contribution is -2.32. The Morgan fingerprint density at radius 3 is 2.50 bits per heavy atom. The first-order valence-corrected chi connectivity index (χ1v) is 14.0. The first-order valence-electron chi connectivity index (χ1n) is 10.5. The van der Waals surface area contributed by atoms with Gasteiger partial charge in [-0.15, -0.1) is 0 Å². The molecule has 138 valence electrons. The number of esters is 1. The molecule has 0 aromatic carbocycles. The molecule has 0 aromatic heterocycles. The van der Waals surface area contributed by atoms with Gasteiger partial charge in [0, 0.05) is 10.2 Å². The number of cyclic esters (lactones) is 1. The van der Waals surface area contributed by atoms with Gasteiger partial charge in [-0.1, -0.05) is 25.4 Å². The Morgan fingerprint density at radius 1 is 1.12 bits per heavy atom. The molecular formula is C19H36O3Si2. The third-order valence-electron chi connectivity index (χ3n) is 6.97. The van der Waals surface area contributed by atoms with Crippen LogP contribution in [0.25, 0.3) is 0 Å². The fraction of sp³-hybridized carbons (Fsp3) is 0.947. The molecule has 5 heteroatoms. The summed E-state index contributed by atoms with van der Waals surface area (Å²) in [7, 11) is 2.69. The summed E-state index contributed by atoms with van der Waals surface area (Å²) in [6, 6.07) is 1.49. The summed E-state index contributed by atoms with van der Waals surface area (Å²) in [6.45, 7) is 2.82. The predicted octanol–water partition coefficient (Wildman–Crippen LogP) is 1.87. The zero-order chi connectivity index (χ0) is 17.2. The van der Waals surface area contributed by atoms with E-state index in [0.29, 0.717) is 24.7 Å². The first kappa shape index (κ1) is 18.6. The number of hydrogen-bond donors (Lipinski definition) is 0. The lowest BCUT2D eigenvalue weighted by atomic mass is 9.72. The normalized spacial score (nSPS) is 44.4. The van der Waals surface area contributed by atoms with E-state index in [1.807, 2.05) is 0 Å². The summed E-state index contributed by atoms with van der Waals surface area (Å²) in [5, 5.41) is 0. The fourth-order valence-electron chi connectivity index (χ4n) is 5.73. The van der Waals surface area contributed by atoms with E-state index in [4.69, 9.17) is 9.47 Å². The van der Waals surface area contributed by atoms with Gasteiger partial charge >= 0.3 is 5.97 Å². The molecule has 2 heterocycles. The number of carbonyl (C=O) groups excluding carboxylic acids is 1. The van der Waals surface area contributed by atoms with Crippen LogP contribution in [0.5, 0.6) is 0 Å². The molecule has 2 aliphatic heterocycles. The zero-order valence-corrected chi connectivity index (χ0v) is 19.9. The minimum atomic E-state index is 0.00289. The minimum Gasteiger partial charge on any atom is -0.465 e. The van der Waals surface area contributed by atoms with Gasteiger partial charge in [0.15, 0.2) is 0 Å².